The fourth-order valence-corrected chi connectivity index (χ4v) is 3.39. The highest BCUT2D eigenvalue weighted by atomic mass is 16.1. The molecule has 0 unspecified atom stereocenters. The minimum Gasteiger partial charge on any atom is -0.345 e. The number of carbonyl (C=O) groups excluding carboxylic acids is 1. The van der Waals surface area contributed by atoms with Crippen LogP contribution in [-0.4, -0.2) is 5.91 Å². The molecule has 0 aromatic heterocycles. The molecule has 2 nitrogen and oxygen atoms in total. The number of benzene rings is 2. The number of rotatable bonds is 4. The van der Waals surface area contributed by atoms with E-state index in [1.807, 2.05) is 18.2 Å². The van der Waals surface area contributed by atoms with E-state index >= 15 is 0 Å². The van der Waals surface area contributed by atoms with Crippen molar-refractivity contribution in [2.24, 2.45) is 5.92 Å². The lowest BCUT2D eigenvalue weighted by Crippen LogP contribution is -2.35. The second kappa shape index (κ2) is 7.45. The summed E-state index contributed by atoms with van der Waals surface area (Å²) in [6.45, 7) is 2.09. The van der Waals surface area contributed by atoms with Gasteiger partial charge in [-0.3, -0.25) is 4.79 Å². The summed E-state index contributed by atoms with van der Waals surface area (Å²) in [6.07, 6.45) is 5.68. The highest BCUT2D eigenvalue weighted by molar-refractivity contribution is 5.79. The molecule has 3 rings (SSSR count). The highest BCUT2D eigenvalue weighted by Gasteiger charge is 2.24. The first kappa shape index (κ1) is 15.8. The number of nitrogens with one attached hydrogen (secondary N) is 1. The minimum absolute atomic E-state index is 0.0637. The highest BCUT2D eigenvalue weighted by Crippen LogP contribution is 2.27. The number of hydrogen-bond donors (Lipinski definition) is 1. The number of hydrogen-bond acceptors (Lipinski definition) is 1. The third-order valence-electron chi connectivity index (χ3n) is 4.81. The maximum Gasteiger partial charge on any atom is 0.223 e. The lowest BCUT2D eigenvalue weighted by Gasteiger charge is -2.25. The molecule has 0 spiro atoms. The first-order valence-electron chi connectivity index (χ1n) is 8.66. The molecule has 1 N–H and O–H groups in total. The van der Waals surface area contributed by atoms with Crippen LogP contribution < -0.4 is 5.32 Å². The van der Waals surface area contributed by atoms with Gasteiger partial charge in [0.2, 0.25) is 5.91 Å². The van der Waals surface area contributed by atoms with E-state index < -0.39 is 0 Å². The average molecular weight is 307 g/mol. The maximum absolute atomic E-state index is 12.7. The van der Waals surface area contributed by atoms with Crippen molar-refractivity contribution in [2.75, 3.05) is 0 Å². The second-order valence-electron chi connectivity index (χ2n) is 6.60. The molecule has 23 heavy (non-hydrogen) atoms. The Labute approximate surface area is 138 Å². The van der Waals surface area contributed by atoms with Crippen LogP contribution in [0.5, 0.6) is 0 Å². The van der Waals surface area contributed by atoms with Crippen LogP contribution in [0.1, 0.15) is 54.8 Å². The Balaban J connectivity index is 1.83. The fraction of sp³-hybridized carbons (Fsp3) is 0.381. The van der Waals surface area contributed by atoms with E-state index in [1.54, 1.807) is 0 Å². The molecule has 1 amide bonds. The molecular formula is C21H25NO. The molecule has 1 atom stereocenters. The predicted molar refractivity (Wildman–Crippen MR) is 94.2 cm³/mol. The van der Waals surface area contributed by atoms with Gasteiger partial charge in [-0.15, -0.1) is 0 Å². The van der Waals surface area contributed by atoms with E-state index in [4.69, 9.17) is 0 Å². The van der Waals surface area contributed by atoms with E-state index in [9.17, 15) is 4.79 Å². The van der Waals surface area contributed by atoms with Crippen molar-refractivity contribution in [1.82, 2.24) is 5.32 Å². The van der Waals surface area contributed by atoms with Crippen LogP contribution in [0.3, 0.4) is 0 Å². The van der Waals surface area contributed by atoms with E-state index in [0.717, 1.165) is 24.0 Å². The summed E-state index contributed by atoms with van der Waals surface area (Å²) in [6, 6.07) is 18.6. The third kappa shape index (κ3) is 4.01. The van der Waals surface area contributed by atoms with E-state index in [0.29, 0.717) is 0 Å². The van der Waals surface area contributed by atoms with Crippen molar-refractivity contribution in [1.29, 1.82) is 0 Å². The van der Waals surface area contributed by atoms with Crippen molar-refractivity contribution in [3.05, 3.63) is 71.3 Å². The van der Waals surface area contributed by atoms with Crippen LogP contribution in [0.2, 0.25) is 0 Å². The van der Waals surface area contributed by atoms with Gasteiger partial charge < -0.3 is 5.32 Å². The van der Waals surface area contributed by atoms with Gasteiger partial charge in [-0.1, -0.05) is 79.4 Å². The molecule has 2 aromatic carbocycles. The predicted octanol–water partition coefficient (Wildman–Crippen LogP) is 4.78. The van der Waals surface area contributed by atoms with Crippen molar-refractivity contribution in [2.45, 2.75) is 45.1 Å². The molecular weight excluding hydrogens is 282 g/mol. The summed E-state index contributed by atoms with van der Waals surface area (Å²) in [5.41, 5.74) is 3.52. The second-order valence-corrected chi connectivity index (χ2v) is 6.60. The van der Waals surface area contributed by atoms with E-state index in [-0.39, 0.29) is 17.9 Å². The molecule has 1 aliphatic rings. The van der Waals surface area contributed by atoms with Crippen LogP contribution in [0, 0.1) is 12.8 Å². The molecule has 0 radical (unpaired) electrons. The Bertz CT molecular complexity index is 627. The van der Waals surface area contributed by atoms with Gasteiger partial charge in [-0.25, -0.2) is 0 Å². The van der Waals surface area contributed by atoms with E-state index in [1.165, 1.54) is 24.8 Å². The average Bonchev–Trinajstić information content (AvgIpc) is 2.62. The Morgan fingerprint density at radius 2 is 1.52 bits per heavy atom. The first-order valence-corrected chi connectivity index (χ1v) is 8.66. The summed E-state index contributed by atoms with van der Waals surface area (Å²) >= 11 is 0. The van der Waals surface area contributed by atoms with Crippen molar-refractivity contribution >= 4 is 5.91 Å². The minimum atomic E-state index is -0.0637. The van der Waals surface area contributed by atoms with Gasteiger partial charge in [0.05, 0.1) is 6.04 Å². The topological polar surface area (TPSA) is 29.1 Å². The lowest BCUT2D eigenvalue weighted by molar-refractivity contribution is -0.126. The standard InChI is InChI=1S/C21H25NO/c1-16-12-14-18(15-13-16)20(17-8-4-2-5-9-17)22-21(23)19-10-6-3-7-11-19/h2,4-5,8-9,12-15,19-20H,3,6-7,10-11H2,1H3,(H,22,23)/t20-/m1/s1. The largest absolute Gasteiger partial charge is 0.345 e. The summed E-state index contributed by atoms with van der Waals surface area (Å²) in [7, 11) is 0. The third-order valence-corrected chi connectivity index (χ3v) is 4.81. The molecule has 1 fully saturated rings. The SMILES string of the molecule is Cc1ccc([C@H](NC(=O)C2CCCCC2)c2ccccc2)cc1. The van der Waals surface area contributed by atoms with Gasteiger partial charge >= 0.3 is 0 Å². The maximum atomic E-state index is 12.7. The number of carbonyl (C=O) groups is 1. The fourth-order valence-electron chi connectivity index (χ4n) is 3.39. The van der Waals surface area contributed by atoms with Crippen molar-refractivity contribution < 1.29 is 4.79 Å². The molecule has 2 aromatic rings. The molecule has 1 saturated carbocycles. The summed E-state index contributed by atoms with van der Waals surface area (Å²) < 4.78 is 0. The van der Waals surface area contributed by atoms with Crippen LogP contribution in [0.4, 0.5) is 0 Å². The lowest BCUT2D eigenvalue weighted by atomic mass is 9.88. The molecule has 120 valence electrons. The van der Waals surface area contributed by atoms with Crippen LogP contribution in [0.15, 0.2) is 54.6 Å². The zero-order chi connectivity index (χ0) is 16.1. The molecule has 2 heteroatoms. The van der Waals surface area contributed by atoms with Crippen molar-refractivity contribution in [3.63, 3.8) is 0 Å². The zero-order valence-electron chi connectivity index (χ0n) is 13.8. The van der Waals surface area contributed by atoms with Gasteiger partial charge in [0.1, 0.15) is 0 Å². The van der Waals surface area contributed by atoms with Crippen LogP contribution in [0.25, 0.3) is 0 Å². The summed E-state index contributed by atoms with van der Waals surface area (Å²) in [5.74, 6) is 0.388. The van der Waals surface area contributed by atoms with E-state index in [2.05, 4.69) is 48.6 Å². The van der Waals surface area contributed by atoms with Crippen molar-refractivity contribution in [3.8, 4) is 0 Å². The Hall–Kier alpha value is -2.09. The van der Waals surface area contributed by atoms with Gasteiger partial charge in [-0.05, 0) is 30.9 Å². The molecule has 0 bridgehead atoms. The summed E-state index contributed by atoms with van der Waals surface area (Å²) in [5, 5.41) is 3.30. The van der Waals surface area contributed by atoms with Crippen LogP contribution in [-0.2, 0) is 4.79 Å². The first-order chi connectivity index (χ1) is 11.2. The molecule has 0 heterocycles. The Kier molecular flexibility index (Phi) is 5.12. The van der Waals surface area contributed by atoms with Gasteiger partial charge in [0, 0.05) is 5.92 Å². The number of amides is 1. The molecule has 0 aliphatic heterocycles. The number of aryl methyl sites for hydroxylation is 1. The smallest absolute Gasteiger partial charge is 0.223 e. The van der Waals surface area contributed by atoms with Gasteiger partial charge in [-0.2, -0.15) is 0 Å². The van der Waals surface area contributed by atoms with Gasteiger partial charge in [0.25, 0.3) is 0 Å². The summed E-state index contributed by atoms with van der Waals surface area (Å²) in [4.78, 5) is 12.7. The Morgan fingerprint density at radius 3 is 2.17 bits per heavy atom. The van der Waals surface area contributed by atoms with Crippen LogP contribution >= 0.6 is 0 Å². The monoisotopic (exact) mass is 307 g/mol. The quantitative estimate of drug-likeness (QED) is 0.865. The normalized spacial score (nSPS) is 16.7. The molecule has 0 saturated heterocycles. The Morgan fingerprint density at radius 1 is 0.913 bits per heavy atom. The van der Waals surface area contributed by atoms with Gasteiger partial charge in [0.15, 0.2) is 0 Å². The zero-order valence-corrected chi connectivity index (χ0v) is 13.8. The molecule has 1 aliphatic carbocycles.